The molecular formula is C13H14N2O4S. The summed E-state index contributed by atoms with van der Waals surface area (Å²) in [6, 6.07) is 10.4. The molecule has 0 fully saturated rings. The van der Waals surface area contributed by atoms with Gasteiger partial charge in [-0.25, -0.2) is 0 Å². The summed E-state index contributed by atoms with van der Waals surface area (Å²) in [5.74, 6) is 0.421. The molecule has 0 saturated heterocycles. The number of nitrogens with two attached hydrogens (primary N) is 2. The van der Waals surface area contributed by atoms with Crippen LogP contribution in [0.25, 0.3) is 0 Å². The van der Waals surface area contributed by atoms with Crippen molar-refractivity contribution in [2.45, 2.75) is 4.90 Å². The second-order valence-electron chi connectivity index (χ2n) is 3.98. The molecule has 0 radical (unpaired) electrons. The Bertz CT molecular complexity index is 729. The van der Waals surface area contributed by atoms with Crippen LogP contribution in [-0.4, -0.2) is 15.5 Å². The Labute approximate surface area is 117 Å². The van der Waals surface area contributed by atoms with Gasteiger partial charge >= 0.3 is 10.1 Å². The highest BCUT2D eigenvalue weighted by atomic mass is 32.2. The van der Waals surface area contributed by atoms with E-state index in [1.54, 1.807) is 18.2 Å². The molecule has 0 aromatic heterocycles. The van der Waals surface area contributed by atoms with Gasteiger partial charge in [0.1, 0.15) is 4.90 Å². The summed E-state index contributed by atoms with van der Waals surface area (Å²) < 4.78 is 34.4. The summed E-state index contributed by atoms with van der Waals surface area (Å²) >= 11 is 0. The molecule has 0 aliphatic rings. The predicted molar refractivity (Wildman–Crippen MR) is 76.1 cm³/mol. The highest BCUT2D eigenvalue weighted by Gasteiger charge is 2.19. The van der Waals surface area contributed by atoms with Crippen molar-refractivity contribution in [1.29, 1.82) is 0 Å². The van der Waals surface area contributed by atoms with E-state index in [1.807, 2.05) is 0 Å². The van der Waals surface area contributed by atoms with Gasteiger partial charge in [0, 0.05) is 0 Å². The summed E-state index contributed by atoms with van der Waals surface area (Å²) in [4.78, 5) is -0.0740. The number of hydrogen-bond acceptors (Lipinski definition) is 6. The van der Waals surface area contributed by atoms with Gasteiger partial charge in [0.25, 0.3) is 0 Å². The van der Waals surface area contributed by atoms with E-state index in [0.29, 0.717) is 11.4 Å². The van der Waals surface area contributed by atoms with Crippen LogP contribution >= 0.6 is 0 Å². The molecule has 7 heteroatoms. The minimum atomic E-state index is -4.00. The van der Waals surface area contributed by atoms with Gasteiger partial charge in [-0.2, -0.15) is 8.42 Å². The maximum Gasteiger partial charge on any atom is 0.339 e. The normalized spacial score (nSPS) is 11.1. The summed E-state index contributed by atoms with van der Waals surface area (Å²) in [5.41, 5.74) is 11.6. The molecule has 4 N–H and O–H groups in total. The fourth-order valence-corrected chi connectivity index (χ4v) is 2.54. The van der Waals surface area contributed by atoms with E-state index in [2.05, 4.69) is 0 Å². The highest BCUT2D eigenvalue weighted by molar-refractivity contribution is 7.87. The molecule has 0 bridgehead atoms. The second kappa shape index (κ2) is 5.30. The van der Waals surface area contributed by atoms with Crippen molar-refractivity contribution < 1.29 is 17.3 Å². The smallest absolute Gasteiger partial charge is 0.339 e. The number of benzene rings is 2. The van der Waals surface area contributed by atoms with Gasteiger partial charge in [0.15, 0.2) is 11.5 Å². The molecule has 2 rings (SSSR count). The molecule has 106 valence electrons. The predicted octanol–water partition coefficient (Wildman–Crippen LogP) is 1.63. The van der Waals surface area contributed by atoms with Crippen LogP contribution in [-0.2, 0) is 10.1 Å². The molecule has 0 unspecified atom stereocenters. The molecule has 0 atom stereocenters. The van der Waals surface area contributed by atoms with Crippen molar-refractivity contribution >= 4 is 21.5 Å². The Morgan fingerprint density at radius 2 is 1.60 bits per heavy atom. The van der Waals surface area contributed by atoms with E-state index < -0.39 is 10.1 Å². The molecule has 20 heavy (non-hydrogen) atoms. The summed E-state index contributed by atoms with van der Waals surface area (Å²) in [7, 11) is -2.57. The van der Waals surface area contributed by atoms with Crippen molar-refractivity contribution in [3.8, 4) is 11.5 Å². The lowest BCUT2D eigenvalue weighted by Crippen LogP contribution is -2.11. The molecule has 0 saturated carbocycles. The zero-order chi connectivity index (χ0) is 14.8. The largest absolute Gasteiger partial charge is 0.493 e. The molecule has 2 aromatic rings. The minimum Gasteiger partial charge on any atom is -0.493 e. The van der Waals surface area contributed by atoms with Crippen molar-refractivity contribution in [3.63, 3.8) is 0 Å². The van der Waals surface area contributed by atoms with Crippen LogP contribution in [0.4, 0.5) is 11.4 Å². The average molecular weight is 294 g/mol. The Morgan fingerprint density at radius 1 is 0.950 bits per heavy atom. The zero-order valence-corrected chi connectivity index (χ0v) is 11.6. The number of nitrogen functional groups attached to an aromatic ring is 2. The van der Waals surface area contributed by atoms with Gasteiger partial charge in [-0.1, -0.05) is 12.1 Å². The van der Waals surface area contributed by atoms with Crippen molar-refractivity contribution in [2.75, 3.05) is 18.6 Å². The highest BCUT2D eigenvalue weighted by Crippen LogP contribution is 2.30. The van der Waals surface area contributed by atoms with Crippen molar-refractivity contribution in [3.05, 3.63) is 42.5 Å². The van der Waals surface area contributed by atoms with Gasteiger partial charge in [-0.05, 0) is 30.3 Å². The Balaban J connectivity index is 2.38. The summed E-state index contributed by atoms with van der Waals surface area (Å²) in [6.07, 6.45) is 0. The molecule has 6 nitrogen and oxygen atoms in total. The maximum atomic E-state index is 12.2. The monoisotopic (exact) mass is 294 g/mol. The molecule has 0 heterocycles. The fourth-order valence-electron chi connectivity index (χ4n) is 1.56. The first-order chi connectivity index (χ1) is 9.44. The third-order valence-corrected chi connectivity index (χ3v) is 3.85. The first-order valence-corrected chi connectivity index (χ1v) is 7.07. The van der Waals surface area contributed by atoms with Gasteiger partial charge in [-0.15, -0.1) is 0 Å². The number of ether oxygens (including phenoxy) is 1. The number of anilines is 2. The van der Waals surface area contributed by atoms with Crippen LogP contribution < -0.4 is 20.4 Å². The van der Waals surface area contributed by atoms with E-state index in [-0.39, 0.29) is 16.3 Å². The van der Waals surface area contributed by atoms with E-state index >= 15 is 0 Å². The third kappa shape index (κ3) is 2.77. The van der Waals surface area contributed by atoms with E-state index in [0.717, 1.165) is 0 Å². The molecule has 0 amide bonds. The quantitative estimate of drug-likeness (QED) is 0.656. The lowest BCUT2D eigenvalue weighted by Gasteiger charge is -2.11. The molecule has 2 aromatic carbocycles. The Morgan fingerprint density at radius 3 is 2.20 bits per heavy atom. The standard InChI is InChI=1S/C13H14N2O4S/c1-18-12-4-2-3-5-13(12)19-20(16,17)9-6-7-10(14)11(15)8-9/h2-8H,14-15H2,1H3. The van der Waals surface area contributed by atoms with Crippen LogP contribution in [0.5, 0.6) is 11.5 Å². The first-order valence-electron chi connectivity index (χ1n) is 5.66. The van der Waals surface area contributed by atoms with Crippen LogP contribution in [0.15, 0.2) is 47.4 Å². The van der Waals surface area contributed by atoms with Crippen LogP contribution in [0.2, 0.25) is 0 Å². The lowest BCUT2D eigenvalue weighted by molar-refractivity contribution is 0.390. The van der Waals surface area contributed by atoms with Gasteiger partial charge in [0.2, 0.25) is 0 Å². The van der Waals surface area contributed by atoms with E-state index in [1.165, 1.54) is 31.4 Å². The minimum absolute atomic E-state index is 0.0740. The third-order valence-electron chi connectivity index (χ3n) is 2.62. The van der Waals surface area contributed by atoms with Gasteiger partial charge < -0.3 is 20.4 Å². The Hall–Kier alpha value is -2.41. The summed E-state index contributed by atoms with van der Waals surface area (Å²) in [6.45, 7) is 0. The molecule has 0 aliphatic carbocycles. The molecule has 0 spiro atoms. The van der Waals surface area contributed by atoms with Gasteiger partial charge in [-0.3, -0.25) is 0 Å². The maximum absolute atomic E-state index is 12.2. The average Bonchev–Trinajstić information content (AvgIpc) is 2.42. The van der Waals surface area contributed by atoms with E-state index in [4.69, 9.17) is 20.4 Å². The first kappa shape index (κ1) is 14.0. The van der Waals surface area contributed by atoms with Crippen LogP contribution in [0.1, 0.15) is 0 Å². The fraction of sp³-hybridized carbons (Fsp3) is 0.0769. The van der Waals surface area contributed by atoms with Gasteiger partial charge in [0.05, 0.1) is 18.5 Å². The SMILES string of the molecule is COc1ccccc1OS(=O)(=O)c1ccc(N)c(N)c1. The summed E-state index contributed by atoms with van der Waals surface area (Å²) in [5, 5.41) is 0. The zero-order valence-electron chi connectivity index (χ0n) is 10.7. The number of rotatable bonds is 4. The number of hydrogen-bond donors (Lipinski definition) is 2. The number of para-hydroxylation sites is 2. The van der Waals surface area contributed by atoms with Crippen molar-refractivity contribution in [1.82, 2.24) is 0 Å². The molecular weight excluding hydrogens is 280 g/mol. The lowest BCUT2D eigenvalue weighted by atomic mass is 10.3. The van der Waals surface area contributed by atoms with Crippen molar-refractivity contribution in [2.24, 2.45) is 0 Å². The number of methoxy groups -OCH3 is 1. The van der Waals surface area contributed by atoms with Crippen LogP contribution in [0, 0.1) is 0 Å². The second-order valence-corrected chi connectivity index (χ2v) is 5.53. The Kier molecular flexibility index (Phi) is 3.71. The van der Waals surface area contributed by atoms with Crippen LogP contribution in [0.3, 0.4) is 0 Å². The molecule has 0 aliphatic heterocycles. The van der Waals surface area contributed by atoms with E-state index in [9.17, 15) is 8.42 Å². The topological polar surface area (TPSA) is 105 Å².